The SMILES string of the molecule is CCN1CCN(c2ccc(NC(=O)Cn3c(-c4cscn4)nc4ccccc43)cc2)CC1. The van der Waals surface area contributed by atoms with E-state index in [4.69, 9.17) is 4.98 Å². The predicted molar refractivity (Wildman–Crippen MR) is 130 cm³/mol. The summed E-state index contributed by atoms with van der Waals surface area (Å²) in [6.45, 7) is 7.74. The van der Waals surface area contributed by atoms with Gasteiger partial charge in [-0.15, -0.1) is 11.3 Å². The summed E-state index contributed by atoms with van der Waals surface area (Å²) in [5.41, 5.74) is 6.34. The van der Waals surface area contributed by atoms with Crippen molar-refractivity contribution in [2.24, 2.45) is 0 Å². The topological polar surface area (TPSA) is 66.3 Å². The van der Waals surface area contributed by atoms with Gasteiger partial charge in [-0.05, 0) is 42.9 Å². The van der Waals surface area contributed by atoms with Crippen LogP contribution in [-0.2, 0) is 11.3 Å². The number of hydrogen-bond acceptors (Lipinski definition) is 6. The summed E-state index contributed by atoms with van der Waals surface area (Å²) in [6, 6.07) is 16.0. The Bertz CT molecular complexity index is 1190. The van der Waals surface area contributed by atoms with Crippen molar-refractivity contribution in [3.63, 3.8) is 0 Å². The van der Waals surface area contributed by atoms with Crippen molar-refractivity contribution in [1.29, 1.82) is 0 Å². The van der Waals surface area contributed by atoms with Crippen LogP contribution in [0.3, 0.4) is 0 Å². The lowest BCUT2D eigenvalue weighted by molar-refractivity contribution is -0.116. The van der Waals surface area contributed by atoms with Crippen LogP contribution < -0.4 is 10.2 Å². The number of aromatic nitrogens is 3. The third kappa shape index (κ3) is 4.24. The van der Waals surface area contributed by atoms with Gasteiger partial charge >= 0.3 is 0 Å². The van der Waals surface area contributed by atoms with Gasteiger partial charge in [0, 0.05) is 42.9 Å². The number of para-hydroxylation sites is 2. The lowest BCUT2D eigenvalue weighted by Gasteiger charge is -2.35. The number of carbonyl (C=O) groups excluding carboxylic acids is 1. The van der Waals surface area contributed by atoms with Crippen LogP contribution in [0.5, 0.6) is 0 Å². The van der Waals surface area contributed by atoms with Gasteiger partial charge in [0.05, 0.1) is 16.5 Å². The summed E-state index contributed by atoms with van der Waals surface area (Å²) in [4.78, 5) is 26.9. The number of benzene rings is 2. The molecule has 2 aromatic carbocycles. The molecule has 0 bridgehead atoms. The molecule has 1 aliphatic rings. The zero-order valence-electron chi connectivity index (χ0n) is 18.1. The van der Waals surface area contributed by atoms with Crippen molar-refractivity contribution >= 4 is 39.7 Å². The van der Waals surface area contributed by atoms with E-state index in [1.807, 2.05) is 46.3 Å². The second kappa shape index (κ2) is 9.10. The highest BCUT2D eigenvalue weighted by atomic mass is 32.1. The number of amides is 1. The van der Waals surface area contributed by atoms with Crippen molar-refractivity contribution in [2.75, 3.05) is 42.9 Å². The number of anilines is 2. The highest BCUT2D eigenvalue weighted by Gasteiger charge is 2.18. The molecule has 0 atom stereocenters. The van der Waals surface area contributed by atoms with Crippen LogP contribution >= 0.6 is 11.3 Å². The van der Waals surface area contributed by atoms with Gasteiger partial charge in [0.15, 0.2) is 5.82 Å². The minimum absolute atomic E-state index is 0.0889. The summed E-state index contributed by atoms with van der Waals surface area (Å²) < 4.78 is 1.93. The Hall–Kier alpha value is -3.23. The molecule has 1 aliphatic heterocycles. The Balaban J connectivity index is 1.29. The largest absolute Gasteiger partial charge is 0.369 e. The summed E-state index contributed by atoms with van der Waals surface area (Å²) in [6.07, 6.45) is 0. The average molecular weight is 447 g/mol. The van der Waals surface area contributed by atoms with E-state index in [0.717, 1.165) is 55.1 Å². The molecule has 0 radical (unpaired) electrons. The smallest absolute Gasteiger partial charge is 0.244 e. The maximum atomic E-state index is 12.9. The van der Waals surface area contributed by atoms with E-state index in [9.17, 15) is 4.79 Å². The number of hydrogen-bond donors (Lipinski definition) is 1. The molecule has 164 valence electrons. The lowest BCUT2D eigenvalue weighted by atomic mass is 10.2. The van der Waals surface area contributed by atoms with Crippen molar-refractivity contribution in [3.05, 3.63) is 59.4 Å². The van der Waals surface area contributed by atoms with Gasteiger partial charge in [-0.25, -0.2) is 9.97 Å². The quantitative estimate of drug-likeness (QED) is 0.486. The van der Waals surface area contributed by atoms with Crippen molar-refractivity contribution in [2.45, 2.75) is 13.5 Å². The zero-order valence-corrected chi connectivity index (χ0v) is 18.9. The van der Waals surface area contributed by atoms with E-state index in [2.05, 4.69) is 39.2 Å². The van der Waals surface area contributed by atoms with E-state index in [1.165, 1.54) is 17.0 Å². The van der Waals surface area contributed by atoms with Crippen LogP contribution in [0, 0.1) is 0 Å². The second-order valence-electron chi connectivity index (χ2n) is 7.90. The third-order valence-corrected chi connectivity index (χ3v) is 6.54. The normalized spacial score (nSPS) is 14.7. The van der Waals surface area contributed by atoms with Crippen molar-refractivity contribution in [1.82, 2.24) is 19.4 Å². The Morgan fingerprint density at radius 3 is 2.56 bits per heavy atom. The van der Waals surface area contributed by atoms with E-state index in [-0.39, 0.29) is 12.5 Å². The fraction of sp³-hybridized carbons (Fsp3) is 0.292. The molecule has 8 heteroatoms. The Labute approximate surface area is 191 Å². The number of imidazole rings is 1. The van der Waals surface area contributed by atoms with Crippen molar-refractivity contribution in [3.8, 4) is 11.5 Å². The van der Waals surface area contributed by atoms with E-state index in [1.54, 1.807) is 5.51 Å². The van der Waals surface area contributed by atoms with Crippen LogP contribution in [0.1, 0.15) is 6.92 Å². The fourth-order valence-electron chi connectivity index (χ4n) is 4.18. The van der Waals surface area contributed by atoms with Gasteiger partial charge in [0.2, 0.25) is 5.91 Å². The molecular formula is C24H26N6OS. The number of nitrogens with zero attached hydrogens (tertiary/aromatic N) is 5. The first-order valence-electron chi connectivity index (χ1n) is 10.9. The van der Waals surface area contributed by atoms with Gasteiger partial charge in [-0.2, -0.15) is 0 Å². The molecule has 3 heterocycles. The Kier molecular flexibility index (Phi) is 5.87. The molecule has 1 saturated heterocycles. The first kappa shape index (κ1) is 20.7. The molecule has 1 N–H and O–H groups in total. The minimum atomic E-state index is -0.0889. The van der Waals surface area contributed by atoms with Gasteiger partial charge in [-0.1, -0.05) is 19.1 Å². The molecule has 4 aromatic rings. The highest BCUT2D eigenvalue weighted by molar-refractivity contribution is 7.07. The number of piperazine rings is 1. The summed E-state index contributed by atoms with van der Waals surface area (Å²) in [7, 11) is 0. The molecule has 0 aliphatic carbocycles. The Morgan fingerprint density at radius 2 is 1.84 bits per heavy atom. The third-order valence-electron chi connectivity index (χ3n) is 5.95. The number of thiazole rings is 1. The Morgan fingerprint density at radius 1 is 1.06 bits per heavy atom. The number of fused-ring (bicyclic) bond motifs is 1. The molecule has 2 aromatic heterocycles. The zero-order chi connectivity index (χ0) is 21.9. The van der Waals surface area contributed by atoms with Gasteiger partial charge in [-0.3, -0.25) is 4.79 Å². The van der Waals surface area contributed by atoms with Gasteiger partial charge in [0.1, 0.15) is 12.2 Å². The van der Waals surface area contributed by atoms with Crippen LogP contribution in [0.25, 0.3) is 22.6 Å². The molecule has 0 saturated carbocycles. The van der Waals surface area contributed by atoms with Crippen molar-refractivity contribution < 1.29 is 4.79 Å². The van der Waals surface area contributed by atoms with Crippen LogP contribution in [-0.4, -0.2) is 58.1 Å². The number of likely N-dealkylation sites (N-methyl/N-ethyl adjacent to an activating group) is 1. The standard InChI is InChI=1S/C24H26N6OS/c1-2-28-11-13-29(14-12-28)19-9-7-18(8-10-19)26-23(31)15-30-22-6-4-3-5-20(22)27-24(30)21-16-32-17-25-21/h3-10,16-17H,2,11-15H2,1H3,(H,26,31). The molecule has 1 amide bonds. The maximum Gasteiger partial charge on any atom is 0.244 e. The monoisotopic (exact) mass is 446 g/mol. The number of nitrogens with one attached hydrogen (secondary N) is 1. The average Bonchev–Trinajstić information content (AvgIpc) is 3.48. The predicted octanol–water partition coefficient (Wildman–Crippen LogP) is 3.94. The maximum absolute atomic E-state index is 12.9. The van der Waals surface area contributed by atoms with E-state index in [0.29, 0.717) is 5.82 Å². The van der Waals surface area contributed by atoms with Gasteiger partial charge in [0.25, 0.3) is 0 Å². The van der Waals surface area contributed by atoms with Crippen LogP contribution in [0.2, 0.25) is 0 Å². The van der Waals surface area contributed by atoms with E-state index >= 15 is 0 Å². The summed E-state index contributed by atoms with van der Waals surface area (Å²) >= 11 is 1.52. The minimum Gasteiger partial charge on any atom is -0.369 e. The van der Waals surface area contributed by atoms with E-state index < -0.39 is 0 Å². The summed E-state index contributed by atoms with van der Waals surface area (Å²) in [5.74, 6) is 0.623. The number of rotatable bonds is 6. The fourth-order valence-corrected chi connectivity index (χ4v) is 4.71. The molecule has 0 unspecified atom stereocenters. The molecular weight excluding hydrogens is 420 g/mol. The molecule has 0 spiro atoms. The van der Waals surface area contributed by atoms with Crippen LogP contribution in [0.4, 0.5) is 11.4 Å². The molecule has 5 rings (SSSR count). The number of carbonyl (C=O) groups is 1. The molecule has 1 fully saturated rings. The first-order valence-corrected chi connectivity index (χ1v) is 11.9. The second-order valence-corrected chi connectivity index (χ2v) is 8.62. The van der Waals surface area contributed by atoms with Crippen LogP contribution in [0.15, 0.2) is 59.4 Å². The van der Waals surface area contributed by atoms with Gasteiger partial charge < -0.3 is 19.7 Å². The first-order chi connectivity index (χ1) is 15.7. The highest BCUT2D eigenvalue weighted by Crippen LogP contribution is 2.25. The summed E-state index contributed by atoms with van der Waals surface area (Å²) in [5, 5.41) is 4.98. The molecule has 7 nitrogen and oxygen atoms in total. The lowest BCUT2D eigenvalue weighted by Crippen LogP contribution is -2.46. The molecule has 32 heavy (non-hydrogen) atoms.